The molecule has 0 unspecified atom stereocenters. The first-order valence-corrected chi connectivity index (χ1v) is 23.2. The average molecular weight is 739 g/mol. The lowest BCUT2D eigenvalue weighted by Crippen LogP contribution is -2.44. The molecular formula is C35H54Br2O3Si2. The van der Waals surface area contributed by atoms with Gasteiger partial charge in [0.1, 0.15) is 0 Å². The van der Waals surface area contributed by atoms with Gasteiger partial charge in [-0.15, -0.1) is 0 Å². The van der Waals surface area contributed by atoms with Gasteiger partial charge in [-0.2, -0.15) is 0 Å². The number of aryl methyl sites for hydroxylation is 1. The Kier molecular flexibility index (Phi) is 16.5. The Labute approximate surface area is 276 Å². The van der Waals surface area contributed by atoms with E-state index in [2.05, 4.69) is 147 Å². The summed E-state index contributed by atoms with van der Waals surface area (Å²) in [4.78, 5) is 12.4. The van der Waals surface area contributed by atoms with Crippen molar-refractivity contribution in [2.75, 3.05) is 6.61 Å². The third-order valence-electron chi connectivity index (χ3n) is 7.45. The molecule has 0 spiro atoms. The molecule has 42 heavy (non-hydrogen) atoms. The van der Waals surface area contributed by atoms with Gasteiger partial charge in [0.15, 0.2) is 8.32 Å². The Morgan fingerprint density at radius 1 is 0.976 bits per heavy atom. The fraction of sp³-hybridized carbons (Fsp3) is 0.514. The van der Waals surface area contributed by atoms with Crippen molar-refractivity contribution in [2.24, 2.45) is 5.92 Å². The molecule has 0 fully saturated rings. The molecule has 0 heterocycles. The predicted octanol–water partition coefficient (Wildman–Crippen LogP) is 11.5. The van der Waals surface area contributed by atoms with Crippen LogP contribution in [-0.4, -0.2) is 35.1 Å². The number of carbonyl (C=O) groups is 1. The van der Waals surface area contributed by atoms with Crippen LogP contribution in [-0.2, 0) is 20.4 Å². The highest BCUT2D eigenvalue weighted by atomic mass is 79.9. The van der Waals surface area contributed by atoms with E-state index in [0.717, 1.165) is 33.4 Å². The fourth-order valence-corrected chi connectivity index (χ4v) is 6.93. The van der Waals surface area contributed by atoms with Crippen LogP contribution in [0.4, 0.5) is 0 Å². The predicted molar refractivity (Wildman–Crippen MR) is 196 cm³/mol. The van der Waals surface area contributed by atoms with Crippen molar-refractivity contribution < 1.29 is 14.0 Å². The number of allylic oxidation sites excluding steroid dienone is 7. The van der Waals surface area contributed by atoms with Crippen LogP contribution in [0.25, 0.3) is 0 Å². The first-order chi connectivity index (χ1) is 19.3. The standard InChI is InChI=1S/C35H54Br2O3Si2/c1-27(24-29(3)34(38)39-22-23-41(7,8)9)25-32(37)26-28(2)33(40-42(10,11)35(4,5)6)21-20-31(36)19-15-18-30-16-13-12-14-17-30/h12-14,16-17,19-21,24-26,28,33H,15,18,22-23H2,1-11H3/b21-20+,27-25+,29-24+,31-19-,32-26-/t28-,33-/m1/s1. The van der Waals surface area contributed by atoms with E-state index in [1.165, 1.54) is 5.56 Å². The molecule has 0 saturated carbocycles. The molecule has 0 saturated heterocycles. The van der Waals surface area contributed by atoms with Crippen molar-refractivity contribution >= 4 is 54.2 Å². The van der Waals surface area contributed by atoms with Crippen molar-refractivity contribution in [1.29, 1.82) is 0 Å². The number of esters is 1. The summed E-state index contributed by atoms with van der Waals surface area (Å²) in [6.45, 7) is 24.7. The molecule has 3 nitrogen and oxygen atoms in total. The second kappa shape index (κ2) is 17.9. The first-order valence-electron chi connectivity index (χ1n) is 15.0. The first kappa shape index (κ1) is 38.8. The molecule has 1 aromatic carbocycles. The van der Waals surface area contributed by atoms with Gasteiger partial charge < -0.3 is 9.16 Å². The van der Waals surface area contributed by atoms with Crippen LogP contribution in [0.2, 0.25) is 43.8 Å². The largest absolute Gasteiger partial charge is 0.463 e. The Hall–Kier alpha value is -1.26. The second-order valence-corrected chi connectivity index (χ2v) is 26.1. The van der Waals surface area contributed by atoms with Crippen LogP contribution in [0.3, 0.4) is 0 Å². The Bertz CT molecular complexity index is 1150. The maximum Gasteiger partial charge on any atom is 0.333 e. The number of ether oxygens (including phenoxy) is 1. The highest BCUT2D eigenvalue weighted by Crippen LogP contribution is 2.38. The summed E-state index contributed by atoms with van der Waals surface area (Å²) in [6, 6.07) is 11.5. The third-order valence-corrected chi connectivity index (χ3v) is 14.7. The third kappa shape index (κ3) is 16.0. The van der Waals surface area contributed by atoms with Gasteiger partial charge in [0.25, 0.3) is 0 Å². The molecule has 0 aliphatic carbocycles. The molecule has 0 radical (unpaired) electrons. The molecule has 0 aliphatic rings. The molecule has 1 aromatic rings. The van der Waals surface area contributed by atoms with Gasteiger partial charge >= 0.3 is 5.97 Å². The quantitative estimate of drug-likeness (QED) is 0.0778. The Balaban J connectivity index is 3.05. The fourth-order valence-electron chi connectivity index (χ4n) is 3.73. The molecule has 1 rings (SSSR count). The number of hydrogen-bond acceptors (Lipinski definition) is 3. The lowest BCUT2D eigenvalue weighted by molar-refractivity contribution is -0.138. The van der Waals surface area contributed by atoms with Gasteiger partial charge in [-0.25, -0.2) is 4.79 Å². The molecule has 234 valence electrons. The number of hydrogen-bond donors (Lipinski definition) is 0. The van der Waals surface area contributed by atoms with Crippen LogP contribution in [0.15, 0.2) is 86.9 Å². The summed E-state index contributed by atoms with van der Waals surface area (Å²) in [6.07, 6.45) is 14.5. The summed E-state index contributed by atoms with van der Waals surface area (Å²) >= 11 is 7.49. The zero-order chi connectivity index (χ0) is 32.1. The van der Waals surface area contributed by atoms with Crippen molar-refractivity contribution in [3.8, 4) is 0 Å². The maximum absolute atomic E-state index is 12.4. The highest BCUT2D eigenvalue weighted by molar-refractivity contribution is 9.12. The van der Waals surface area contributed by atoms with Crippen molar-refractivity contribution in [1.82, 2.24) is 0 Å². The molecule has 7 heteroatoms. The molecular weight excluding hydrogens is 684 g/mol. The van der Waals surface area contributed by atoms with E-state index in [0.29, 0.717) is 12.2 Å². The maximum atomic E-state index is 12.4. The SMILES string of the molecule is CC(=C\C(Br)=C\[C@@H](C)[C@@H](/C=C/C(Br)=C/CCc1ccccc1)O[Si](C)(C)C(C)(C)C)/C=C(\C)C(=O)OCC[Si](C)(C)C. The summed E-state index contributed by atoms with van der Waals surface area (Å²) in [5.41, 5.74) is 2.93. The van der Waals surface area contributed by atoms with E-state index in [9.17, 15) is 4.79 Å². The van der Waals surface area contributed by atoms with Crippen LogP contribution < -0.4 is 0 Å². The van der Waals surface area contributed by atoms with Crippen molar-refractivity contribution in [2.45, 2.75) is 104 Å². The van der Waals surface area contributed by atoms with Crippen LogP contribution in [0.1, 0.15) is 53.5 Å². The van der Waals surface area contributed by atoms with E-state index < -0.39 is 16.4 Å². The number of carbonyl (C=O) groups excluding carboxylic acids is 1. The zero-order valence-corrected chi connectivity index (χ0v) is 33.0. The van der Waals surface area contributed by atoms with Gasteiger partial charge in [0.05, 0.1) is 12.7 Å². The summed E-state index contributed by atoms with van der Waals surface area (Å²) in [5.74, 6) is -0.125. The van der Waals surface area contributed by atoms with Crippen molar-refractivity contribution in [3.63, 3.8) is 0 Å². The van der Waals surface area contributed by atoms with E-state index in [4.69, 9.17) is 9.16 Å². The average Bonchev–Trinajstić information content (AvgIpc) is 2.85. The molecule has 0 amide bonds. The summed E-state index contributed by atoms with van der Waals surface area (Å²) in [7, 11) is -3.25. The smallest absolute Gasteiger partial charge is 0.333 e. The number of rotatable bonds is 15. The minimum Gasteiger partial charge on any atom is -0.463 e. The van der Waals surface area contributed by atoms with E-state index >= 15 is 0 Å². The minimum absolute atomic E-state index is 0.0826. The highest BCUT2D eigenvalue weighted by Gasteiger charge is 2.39. The van der Waals surface area contributed by atoms with Gasteiger partial charge in [0.2, 0.25) is 0 Å². The van der Waals surface area contributed by atoms with E-state index in [1.54, 1.807) is 0 Å². The van der Waals surface area contributed by atoms with Crippen LogP contribution in [0, 0.1) is 5.92 Å². The summed E-state index contributed by atoms with van der Waals surface area (Å²) in [5, 5.41) is 0.102. The molecule has 0 bridgehead atoms. The molecule has 0 aliphatic heterocycles. The van der Waals surface area contributed by atoms with Gasteiger partial charge in [-0.3, -0.25) is 0 Å². The minimum atomic E-state index is -2.02. The lowest BCUT2D eigenvalue weighted by atomic mass is 10.0. The van der Waals surface area contributed by atoms with Gasteiger partial charge in [-0.05, 0) is 80.2 Å². The second-order valence-electron chi connectivity index (χ2n) is 13.9. The van der Waals surface area contributed by atoms with Gasteiger partial charge in [-0.1, -0.05) is 128 Å². The zero-order valence-electron chi connectivity index (χ0n) is 27.8. The van der Waals surface area contributed by atoms with Crippen LogP contribution >= 0.6 is 31.9 Å². The monoisotopic (exact) mass is 736 g/mol. The van der Waals surface area contributed by atoms with Gasteiger partial charge in [0, 0.05) is 28.5 Å². The van der Waals surface area contributed by atoms with Crippen molar-refractivity contribution in [3.05, 3.63) is 92.5 Å². The molecule has 0 aromatic heterocycles. The van der Waals surface area contributed by atoms with E-state index in [-0.39, 0.29) is 23.0 Å². The number of benzene rings is 1. The summed E-state index contributed by atoms with van der Waals surface area (Å²) < 4.78 is 14.4. The van der Waals surface area contributed by atoms with Crippen LogP contribution in [0.5, 0.6) is 0 Å². The molecule has 2 atom stereocenters. The Morgan fingerprint density at radius 3 is 2.17 bits per heavy atom. The topological polar surface area (TPSA) is 35.5 Å². The number of halogens is 2. The lowest BCUT2D eigenvalue weighted by Gasteiger charge is -2.39. The van der Waals surface area contributed by atoms with E-state index in [1.807, 2.05) is 26.0 Å². The molecule has 0 N–H and O–H groups in total. The normalized spacial score (nSPS) is 16.1. The Morgan fingerprint density at radius 2 is 1.60 bits per heavy atom.